The molecule has 0 spiro atoms. The third-order valence-electron chi connectivity index (χ3n) is 5.62. The van der Waals surface area contributed by atoms with E-state index in [9.17, 15) is 19.2 Å². The zero-order valence-corrected chi connectivity index (χ0v) is 16.7. The van der Waals surface area contributed by atoms with Crippen molar-refractivity contribution in [1.82, 2.24) is 9.80 Å². The lowest BCUT2D eigenvalue weighted by molar-refractivity contribution is -0.136. The summed E-state index contributed by atoms with van der Waals surface area (Å²) in [5.74, 6) is -1.94. The van der Waals surface area contributed by atoms with Crippen molar-refractivity contribution in [1.29, 1.82) is 0 Å². The molecule has 152 valence electrons. The number of amides is 3. The zero-order chi connectivity index (χ0) is 21.3. The molecule has 2 atom stereocenters. The van der Waals surface area contributed by atoms with Gasteiger partial charge in [0.15, 0.2) is 0 Å². The monoisotopic (exact) mass is 402 g/mol. The standard InChI is InChI=1S/C24H22N2O4/c1-16-8-7-13-25(15-17-9-3-2-4-10-17)24(30)20(14-21(16)27)26-22(28)18-11-5-6-12-19(18)23(26)29/h2-7,9-13,16,20H,8,14-15H2,1H3/b13-7-/t16-,20+/m0/s1. The van der Waals surface area contributed by atoms with Crippen LogP contribution in [-0.2, 0) is 16.1 Å². The maximum atomic E-state index is 13.5. The smallest absolute Gasteiger partial charge is 0.262 e. The molecule has 2 aliphatic rings. The van der Waals surface area contributed by atoms with E-state index < -0.39 is 23.8 Å². The van der Waals surface area contributed by atoms with Crippen molar-refractivity contribution in [3.05, 3.63) is 83.6 Å². The van der Waals surface area contributed by atoms with Gasteiger partial charge >= 0.3 is 0 Å². The lowest BCUT2D eigenvalue weighted by Gasteiger charge is -2.29. The third-order valence-corrected chi connectivity index (χ3v) is 5.62. The highest BCUT2D eigenvalue weighted by Crippen LogP contribution is 2.28. The Hall–Kier alpha value is -3.54. The average Bonchev–Trinajstić information content (AvgIpc) is 3.03. The largest absolute Gasteiger partial charge is 0.313 e. The van der Waals surface area contributed by atoms with Gasteiger partial charge in [0.2, 0.25) is 0 Å². The fourth-order valence-electron chi connectivity index (χ4n) is 3.87. The van der Waals surface area contributed by atoms with Crippen LogP contribution in [0.3, 0.4) is 0 Å². The molecule has 0 bridgehead atoms. The van der Waals surface area contributed by atoms with Gasteiger partial charge < -0.3 is 4.90 Å². The second-order valence-electron chi connectivity index (χ2n) is 7.69. The second-order valence-corrected chi connectivity index (χ2v) is 7.69. The van der Waals surface area contributed by atoms with Gasteiger partial charge in [0.1, 0.15) is 11.8 Å². The summed E-state index contributed by atoms with van der Waals surface area (Å²) >= 11 is 0. The normalized spacial score (nSPS) is 23.1. The van der Waals surface area contributed by atoms with Gasteiger partial charge in [-0.05, 0) is 24.1 Å². The molecule has 6 heteroatoms. The van der Waals surface area contributed by atoms with Crippen LogP contribution in [0.2, 0.25) is 0 Å². The van der Waals surface area contributed by atoms with E-state index in [2.05, 4.69) is 0 Å². The van der Waals surface area contributed by atoms with E-state index >= 15 is 0 Å². The fourth-order valence-corrected chi connectivity index (χ4v) is 3.87. The molecule has 4 rings (SSSR count). The number of Topliss-reactive ketones (excluding diaryl/α,β-unsaturated/α-hetero) is 1. The molecule has 0 aromatic heterocycles. The minimum Gasteiger partial charge on any atom is -0.313 e. The fraction of sp³-hybridized carbons (Fsp3) is 0.250. The molecule has 3 amide bonds. The van der Waals surface area contributed by atoms with E-state index in [0.29, 0.717) is 13.0 Å². The number of benzene rings is 2. The summed E-state index contributed by atoms with van der Waals surface area (Å²) in [6.07, 6.45) is 3.77. The zero-order valence-electron chi connectivity index (χ0n) is 16.7. The van der Waals surface area contributed by atoms with E-state index in [1.807, 2.05) is 30.3 Å². The van der Waals surface area contributed by atoms with Crippen LogP contribution in [0.4, 0.5) is 0 Å². The van der Waals surface area contributed by atoms with Gasteiger partial charge in [0.25, 0.3) is 17.7 Å². The Kier molecular flexibility index (Phi) is 5.31. The number of hydrogen-bond donors (Lipinski definition) is 0. The molecule has 0 aliphatic carbocycles. The van der Waals surface area contributed by atoms with Crippen LogP contribution in [-0.4, -0.2) is 39.3 Å². The topological polar surface area (TPSA) is 74.8 Å². The lowest BCUT2D eigenvalue weighted by atomic mass is 9.96. The van der Waals surface area contributed by atoms with Gasteiger partial charge in [-0.15, -0.1) is 0 Å². The third kappa shape index (κ3) is 3.56. The number of nitrogens with zero attached hydrogens (tertiary/aromatic N) is 2. The second kappa shape index (κ2) is 8.06. The molecule has 0 unspecified atom stereocenters. The summed E-state index contributed by atoms with van der Waals surface area (Å²) in [5, 5.41) is 0. The van der Waals surface area contributed by atoms with Gasteiger partial charge in [-0.3, -0.25) is 24.1 Å². The molecule has 6 nitrogen and oxygen atoms in total. The number of rotatable bonds is 3. The molecule has 2 heterocycles. The maximum Gasteiger partial charge on any atom is 0.262 e. The van der Waals surface area contributed by atoms with E-state index in [1.54, 1.807) is 43.5 Å². The van der Waals surface area contributed by atoms with Crippen LogP contribution in [0.1, 0.15) is 46.0 Å². The molecule has 2 aromatic rings. The molecule has 2 aromatic carbocycles. The minimum atomic E-state index is -1.17. The number of carbonyl (C=O) groups is 4. The van der Waals surface area contributed by atoms with E-state index in [-0.39, 0.29) is 29.2 Å². The Balaban J connectivity index is 1.71. The summed E-state index contributed by atoms with van der Waals surface area (Å²) < 4.78 is 0. The van der Waals surface area contributed by atoms with Crippen LogP contribution in [0.15, 0.2) is 66.9 Å². The van der Waals surface area contributed by atoms with E-state index in [1.165, 1.54) is 4.90 Å². The number of hydrogen-bond acceptors (Lipinski definition) is 4. The minimum absolute atomic E-state index is 0.142. The molecule has 0 fully saturated rings. The quantitative estimate of drug-likeness (QED) is 0.739. The first kappa shape index (κ1) is 19.8. The molecule has 0 saturated carbocycles. The molecular weight excluding hydrogens is 380 g/mol. The van der Waals surface area contributed by atoms with Crippen molar-refractivity contribution in [2.45, 2.75) is 32.4 Å². The Morgan fingerprint density at radius 1 is 0.867 bits per heavy atom. The van der Waals surface area contributed by atoms with Crippen molar-refractivity contribution >= 4 is 23.5 Å². The van der Waals surface area contributed by atoms with E-state index in [0.717, 1.165) is 10.5 Å². The number of carbonyl (C=O) groups excluding carboxylic acids is 4. The first-order valence-electron chi connectivity index (χ1n) is 9.98. The lowest BCUT2D eigenvalue weighted by Crippen LogP contribution is -2.50. The Bertz CT molecular complexity index is 1010. The van der Waals surface area contributed by atoms with Crippen LogP contribution >= 0.6 is 0 Å². The maximum absolute atomic E-state index is 13.5. The van der Waals surface area contributed by atoms with Gasteiger partial charge in [-0.2, -0.15) is 0 Å². The van der Waals surface area contributed by atoms with Gasteiger partial charge in [0.05, 0.1) is 17.7 Å². The molecular formula is C24H22N2O4. The van der Waals surface area contributed by atoms with Crippen LogP contribution in [0.25, 0.3) is 0 Å². The molecule has 0 radical (unpaired) electrons. The van der Waals surface area contributed by atoms with Crippen molar-refractivity contribution in [2.75, 3.05) is 0 Å². The highest BCUT2D eigenvalue weighted by molar-refractivity contribution is 6.23. The SMILES string of the molecule is C[C@H]1C/C=C\N(Cc2ccccc2)C(=O)[C@H](N2C(=O)c3ccccc3C2=O)CC1=O. The van der Waals surface area contributed by atoms with Crippen LogP contribution in [0, 0.1) is 5.92 Å². The highest BCUT2D eigenvalue weighted by atomic mass is 16.2. The summed E-state index contributed by atoms with van der Waals surface area (Å²) in [6, 6.07) is 14.8. The Labute approximate surface area is 174 Å². The highest BCUT2D eigenvalue weighted by Gasteiger charge is 2.45. The number of allylic oxidation sites excluding steroid dienone is 1. The first-order chi connectivity index (χ1) is 14.5. The van der Waals surface area contributed by atoms with Crippen molar-refractivity contribution in [2.24, 2.45) is 5.92 Å². The Morgan fingerprint density at radius 2 is 1.47 bits per heavy atom. The summed E-state index contributed by atoms with van der Waals surface area (Å²) in [4.78, 5) is 54.7. The average molecular weight is 402 g/mol. The molecule has 30 heavy (non-hydrogen) atoms. The predicted molar refractivity (Wildman–Crippen MR) is 110 cm³/mol. The van der Waals surface area contributed by atoms with Crippen LogP contribution in [0.5, 0.6) is 0 Å². The molecule has 0 N–H and O–H groups in total. The summed E-state index contributed by atoms with van der Waals surface area (Å²) in [5.41, 5.74) is 1.44. The first-order valence-corrected chi connectivity index (χ1v) is 9.98. The Morgan fingerprint density at radius 3 is 2.10 bits per heavy atom. The molecule has 0 saturated heterocycles. The van der Waals surface area contributed by atoms with Crippen LogP contribution < -0.4 is 0 Å². The number of fused-ring (bicyclic) bond motifs is 1. The van der Waals surface area contributed by atoms with Crippen molar-refractivity contribution in [3.63, 3.8) is 0 Å². The van der Waals surface area contributed by atoms with Gasteiger partial charge in [-0.1, -0.05) is 55.5 Å². The van der Waals surface area contributed by atoms with Crippen molar-refractivity contribution < 1.29 is 19.2 Å². The summed E-state index contributed by atoms with van der Waals surface area (Å²) in [7, 11) is 0. The van der Waals surface area contributed by atoms with E-state index in [4.69, 9.17) is 0 Å². The van der Waals surface area contributed by atoms with Gasteiger partial charge in [0, 0.05) is 18.5 Å². The van der Waals surface area contributed by atoms with Gasteiger partial charge in [-0.25, -0.2) is 0 Å². The predicted octanol–water partition coefficient (Wildman–Crippen LogP) is 3.19. The number of ketones is 1. The molecule has 2 aliphatic heterocycles. The summed E-state index contributed by atoms with van der Waals surface area (Å²) in [6.45, 7) is 2.09. The van der Waals surface area contributed by atoms with Crippen molar-refractivity contribution in [3.8, 4) is 0 Å². The number of imide groups is 1.